The number of benzene rings is 1. The monoisotopic (exact) mass is 228 g/mol. The topological polar surface area (TPSA) is 44.1 Å². The molecular weight excluding hydrogens is 212 g/mol. The molecule has 1 amide bonds. The molecule has 17 heavy (non-hydrogen) atoms. The van der Waals surface area contributed by atoms with Crippen molar-refractivity contribution >= 4 is 5.91 Å². The van der Waals surface area contributed by atoms with Crippen molar-refractivity contribution in [2.45, 2.75) is 32.7 Å². The van der Waals surface area contributed by atoms with Gasteiger partial charge in [0.05, 0.1) is 6.07 Å². The van der Waals surface area contributed by atoms with E-state index in [0.717, 1.165) is 24.0 Å². The summed E-state index contributed by atoms with van der Waals surface area (Å²) in [6.45, 7) is 4.66. The molecule has 1 aliphatic rings. The van der Waals surface area contributed by atoms with Crippen LogP contribution in [0.2, 0.25) is 0 Å². The lowest BCUT2D eigenvalue weighted by molar-refractivity contribution is 0.0764. The number of aryl methyl sites for hydroxylation is 2. The minimum atomic E-state index is -0.247. The zero-order valence-corrected chi connectivity index (χ0v) is 10.2. The van der Waals surface area contributed by atoms with E-state index in [1.807, 2.05) is 32.0 Å². The van der Waals surface area contributed by atoms with Gasteiger partial charge in [-0.25, -0.2) is 0 Å². The van der Waals surface area contributed by atoms with Crippen molar-refractivity contribution in [1.82, 2.24) is 4.90 Å². The van der Waals surface area contributed by atoms with E-state index in [-0.39, 0.29) is 11.9 Å². The van der Waals surface area contributed by atoms with Crippen LogP contribution in [-0.2, 0) is 0 Å². The van der Waals surface area contributed by atoms with Gasteiger partial charge >= 0.3 is 0 Å². The molecule has 2 rings (SSSR count). The van der Waals surface area contributed by atoms with E-state index in [2.05, 4.69) is 6.07 Å². The van der Waals surface area contributed by atoms with Crippen LogP contribution in [0.5, 0.6) is 0 Å². The second-order valence-electron chi connectivity index (χ2n) is 4.66. The van der Waals surface area contributed by atoms with Crippen LogP contribution in [0, 0.1) is 25.2 Å². The van der Waals surface area contributed by atoms with Crippen LogP contribution in [0.4, 0.5) is 0 Å². The third-order valence-corrected chi connectivity index (χ3v) is 3.13. The molecule has 1 fully saturated rings. The Kier molecular flexibility index (Phi) is 3.14. The van der Waals surface area contributed by atoms with Crippen molar-refractivity contribution < 1.29 is 4.79 Å². The summed E-state index contributed by atoms with van der Waals surface area (Å²) in [6.07, 6.45) is 1.72. The Labute approximate surface area is 102 Å². The number of rotatable bonds is 1. The van der Waals surface area contributed by atoms with Crippen molar-refractivity contribution in [3.8, 4) is 6.07 Å². The maximum Gasteiger partial charge on any atom is 0.254 e. The molecule has 0 radical (unpaired) electrons. The molecule has 1 saturated heterocycles. The van der Waals surface area contributed by atoms with Crippen LogP contribution in [0.3, 0.4) is 0 Å². The van der Waals surface area contributed by atoms with Crippen molar-refractivity contribution in [2.24, 2.45) is 0 Å². The van der Waals surface area contributed by atoms with E-state index >= 15 is 0 Å². The third kappa shape index (κ3) is 2.31. The van der Waals surface area contributed by atoms with Gasteiger partial charge in [0, 0.05) is 12.1 Å². The number of hydrogen-bond acceptors (Lipinski definition) is 2. The van der Waals surface area contributed by atoms with E-state index < -0.39 is 0 Å². The molecule has 0 aromatic heterocycles. The minimum absolute atomic E-state index is 0.0131. The summed E-state index contributed by atoms with van der Waals surface area (Å²) in [5, 5.41) is 9.00. The lowest BCUT2D eigenvalue weighted by atomic mass is 10.1. The predicted octanol–water partition coefficient (Wildman–Crippen LogP) is 2.43. The van der Waals surface area contributed by atoms with Gasteiger partial charge in [-0.2, -0.15) is 5.26 Å². The van der Waals surface area contributed by atoms with E-state index in [4.69, 9.17) is 5.26 Å². The summed E-state index contributed by atoms with van der Waals surface area (Å²) in [5.41, 5.74) is 2.87. The molecule has 3 heteroatoms. The minimum Gasteiger partial charge on any atom is -0.323 e. The molecule has 0 bridgehead atoms. The number of nitriles is 1. The van der Waals surface area contributed by atoms with Gasteiger partial charge in [0.2, 0.25) is 0 Å². The SMILES string of the molecule is Cc1cc(C)cc(C(=O)N2CCCC2C#N)c1. The van der Waals surface area contributed by atoms with Crippen LogP contribution in [0.15, 0.2) is 18.2 Å². The first-order valence-corrected chi connectivity index (χ1v) is 5.90. The molecule has 0 aliphatic carbocycles. The molecule has 1 aromatic rings. The molecule has 1 aromatic carbocycles. The maximum absolute atomic E-state index is 12.3. The lowest BCUT2D eigenvalue weighted by Gasteiger charge is -2.19. The van der Waals surface area contributed by atoms with Crippen LogP contribution in [-0.4, -0.2) is 23.4 Å². The molecule has 0 spiro atoms. The highest BCUT2D eigenvalue weighted by Gasteiger charge is 2.29. The third-order valence-electron chi connectivity index (χ3n) is 3.13. The predicted molar refractivity (Wildman–Crippen MR) is 65.6 cm³/mol. The van der Waals surface area contributed by atoms with Gasteiger partial charge in [-0.15, -0.1) is 0 Å². The summed E-state index contributed by atoms with van der Waals surface area (Å²) < 4.78 is 0. The summed E-state index contributed by atoms with van der Waals surface area (Å²) in [5.74, 6) is -0.0131. The Morgan fingerprint density at radius 1 is 1.35 bits per heavy atom. The van der Waals surface area contributed by atoms with E-state index in [1.165, 1.54) is 0 Å². The first-order chi connectivity index (χ1) is 8.11. The molecule has 1 atom stereocenters. The fourth-order valence-electron chi connectivity index (χ4n) is 2.41. The first-order valence-electron chi connectivity index (χ1n) is 5.90. The van der Waals surface area contributed by atoms with Crippen molar-refractivity contribution in [3.63, 3.8) is 0 Å². The van der Waals surface area contributed by atoms with Gasteiger partial charge in [0.1, 0.15) is 6.04 Å². The average molecular weight is 228 g/mol. The molecule has 3 nitrogen and oxygen atoms in total. The molecule has 0 saturated carbocycles. The largest absolute Gasteiger partial charge is 0.323 e. The average Bonchev–Trinajstić information content (AvgIpc) is 2.74. The Morgan fingerprint density at radius 2 is 2.00 bits per heavy atom. The quantitative estimate of drug-likeness (QED) is 0.741. The molecule has 1 heterocycles. The second-order valence-corrected chi connectivity index (χ2v) is 4.66. The number of carbonyl (C=O) groups is 1. The standard InChI is InChI=1S/C14H16N2O/c1-10-6-11(2)8-12(7-10)14(17)16-5-3-4-13(16)9-15/h6-8,13H,3-5H2,1-2H3. The fourth-order valence-corrected chi connectivity index (χ4v) is 2.41. The van der Waals surface area contributed by atoms with Crippen LogP contribution >= 0.6 is 0 Å². The highest BCUT2D eigenvalue weighted by atomic mass is 16.2. The van der Waals surface area contributed by atoms with E-state index in [1.54, 1.807) is 4.90 Å². The van der Waals surface area contributed by atoms with Crippen molar-refractivity contribution in [2.75, 3.05) is 6.54 Å². The summed E-state index contributed by atoms with van der Waals surface area (Å²) in [7, 11) is 0. The van der Waals surface area contributed by atoms with Crippen LogP contribution in [0.25, 0.3) is 0 Å². The molecular formula is C14H16N2O. The Balaban J connectivity index is 2.28. The summed E-state index contributed by atoms with van der Waals surface area (Å²) >= 11 is 0. The highest BCUT2D eigenvalue weighted by molar-refractivity contribution is 5.95. The zero-order chi connectivity index (χ0) is 12.4. The van der Waals surface area contributed by atoms with Crippen molar-refractivity contribution in [3.05, 3.63) is 34.9 Å². The Morgan fingerprint density at radius 3 is 2.59 bits per heavy atom. The van der Waals surface area contributed by atoms with Gasteiger partial charge in [0.15, 0.2) is 0 Å². The maximum atomic E-state index is 12.3. The smallest absolute Gasteiger partial charge is 0.254 e. The lowest BCUT2D eigenvalue weighted by Crippen LogP contribution is -2.34. The van der Waals surface area contributed by atoms with E-state index in [0.29, 0.717) is 12.1 Å². The number of hydrogen-bond donors (Lipinski definition) is 0. The molecule has 88 valence electrons. The van der Waals surface area contributed by atoms with Gasteiger partial charge in [-0.1, -0.05) is 17.2 Å². The normalized spacial score (nSPS) is 19.1. The highest BCUT2D eigenvalue weighted by Crippen LogP contribution is 2.20. The molecule has 1 unspecified atom stereocenters. The number of likely N-dealkylation sites (tertiary alicyclic amines) is 1. The Bertz CT molecular complexity index is 467. The van der Waals surface area contributed by atoms with Gasteiger partial charge in [-0.3, -0.25) is 4.79 Å². The second kappa shape index (κ2) is 4.58. The number of carbonyl (C=O) groups excluding carboxylic acids is 1. The van der Waals surface area contributed by atoms with E-state index in [9.17, 15) is 4.79 Å². The number of amides is 1. The van der Waals surface area contributed by atoms with Gasteiger partial charge in [-0.05, 0) is 38.8 Å². The zero-order valence-electron chi connectivity index (χ0n) is 10.2. The summed E-state index contributed by atoms with van der Waals surface area (Å²) in [6, 6.07) is 7.78. The van der Waals surface area contributed by atoms with Gasteiger partial charge in [0.25, 0.3) is 5.91 Å². The number of nitrogens with zero attached hydrogens (tertiary/aromatic N) is 2. The first kappa shape index (κ1) is 11.7. The summed E-state index contributed by atoms with van der Waals surface area (Å²) in [4.78, 5) is 14.0. The Hall–Kier alpha value is -1.82. The van der Waals surface area contributed by atoms with Crippen LogP contribution in [0.1, 0.15) is 34.3 Å². The molecule has 0 N–H and O–H groups in total. The fraction of sp³-hybridized carbons (Fsp3) is 0.429. The van der Waals surface area contributed by atoms with Crippen molar-refractivity contribution in [1.29, 1.82) is 5.26 Å². The molecule has 1 aliphatic heterocycles. The van der Waals surface area contributed by atoms with Crippen LogP contribution < -0.4 is 0 Å². The van der Waals surface area contributed by atoms with Gasteiger partial charge < -0.3 is 4.90 Å².